The van der Waals surface area contributed by atoms with E-state index in [1.54, 1.807) is 27.7 Å². The maximum atomic E-state index is 11.6. The van der Waals surface area contributed by atoms with E-state index in [9.17, 15) is 9.90 Å². The molecule has 7 nitrogen and oxygen atoms in total. The second-order valence-electron chi connectivity index (χ2n) is 5.96. The Morgan fingerprint density at radius 1 is 1.10 bits per heavy atom. The van der Waals surface area contributed by atoms with Crippen LogP contribution >= 0.6 is 0 Å². The summed E-state index contributed by atoms with van der Waals surface area (Å²) in [6.45, 7) is 7.09. The van der Waals surface area contributed by atoms with Crippen LogP contribution in [-0.4, -0.2) is 82.9 Å². The summed E-state index contributed by atoms with van der Waals surface area (Å²) in [6, 6.07) is 0. The quantitative estimate of drug-likeness (QED) is 0.687. The van der Waals surface area contributed by atoms with Crippen LogP contribution in [0.3, 0.4) is 0 Å². The van der Waals surface area contributed by atoms with Crippen LogP contribution in [-0.2, 0) is 28.5 Å². The number of fused-ring (bicyclic) bond motifs is 3. The fourth-order valence-electron chi connectivity index (χ4n) is 2.82. The van der Waals surface area contributed by atoms with Crippen LogP contribution in [0.5, 0.6) is 0 Å². The van der Waals surface area contributed by atoms with E-state index < -0.39 is 41.6 Å². The average Bonchev–Trinajstić information content (AvgIpc) is 2.67. The first kappa shape index (κ1) is 16.6. The van der Waals surface area contributed by atoms with Crippen molar-refractivity contribution < 1.29 is 33.6 Å². The van der Waals surface area contributed by atoms with Gasteiger partial charge >= 0.3 is 11.8 Å². The van der Waals surface area contributed by atoms with E-state index in [1.165, 1.54) is 0 Å². The molecule has 0 aromatic heterocycles. The minimum absolute atomic E-state index is 0. The van der Waals surface area contributed by atoms with Crippen molar-refractivity contribution in [2.24, 2.45) is 0 Å². The molecule has 20 heavy (non-hydrogen) atoms. The molecule has 3 fully saturated rings. The van der Waals surface area contributed by atoms with Crippen LogP contribution in [0.4, 0.5) is 0 Å². The Bertz CT molecular complexity index is 424. The van der Waals surface area contributed by atoms with Crippen molar-refractivity contribution in [3.8, 4) is 0 Å². The molecule has 3 aliphatic heterocycles. The number of rotatable bonds is 1. The van der Waals surface area contributed by atoms with Crippen molar-refractivity contribution >= 4 is 35.5 Å². The third kappa shape index (κ3) is 2.44. The number of carboxylic acids is 1. The van der Waals surface area contributed by atoms with E-state index >= 15 is 0 Å². The van der Waals surface area contributed by atoms with Gasteiger partial charge in [-0.2, -0.15) is 0 Å². The van der Waals surface area contributed by atoms with E-state index in [4.69, 9.17) is 23.7 Å². The fourth-order valence-corrected chi connectivity index (χ4v) is 2.82. The number of aliphatic carboxylic acids is 1. The molecular weight excluding hydrogens is 279 g/mol. The van der Waals surface area contributed by atoms with Crippen molar-refractivity contribution in [1.29, 1.82) is 0 Å². The summed E-state index contributed by atoms with van der Waals surface area (Å²) in [5, 5.41) is 9.46. The van der Waals surface area contributed by atoms with E-state index in [0.717, 1.165) is 0 Å². The molecule has 0 aromatic carbocycles. The van der Waals surface area contributed by atoms with Crippen molar-refractivity contribution in [2.45, 2.75) is 63.4 Å². The van der Waals surface area contributed by atoms with Gasteiger partial charge in [-0.1, -0.05) is 0 Å². The van der Waals surface area contributed by atoms with Crippen LogP contribution in [0.1, 0.15) is 27.7 Å². The summed E-state index contributed by atoms with van der Waals surface area (Å²) in [5.74, 6) is -4.85. The predicted molar refractivity (Wildman–Crippen MR) is 65.9 cm³/mol. The number of hydrogen-bond donors (Lipinski definition) is 1. The van der Waals surface area contributed by atoms with Crippen LogP contribution in [0.2, 0.25) is 0 Å². The first-order valence-corrected chi connectivity index (χ1v) is 6.26. The van der Waals surface area contributed by atoms with E-state index in [1.807, 2.05) is 0 Å². The molecule has 109 valence electrons. The standard InChI is InChI=1S/C12H18O7.Na/c1-10(2)15-5-6-7(17-10)8-12(16-6,9(13)14)19-11(3,4)18-8;/h6-8H,5H2,1-4H3,(H,13,14);/t6-,7+,8-,12+;/m0./s1. The smallest absolute Gasteiger partial charge is 0.367 e. The molecule has 1 N–H and O–H groups in total. The Kier molecular flexibility index (Phi) is 4.07. The molecule has 0 unspecified atom stereocenters. The van der Waals surface area contributed by atoms with Gasteiger partial charge in [-0.05, 0) is 27.7 Å². The molecule has 3 saturated heterocycles. The summed E-state index contributed by atoms with van der Waals surface area (Å²) in [6.07, 6.45) is -1.85. The van der Waals surface area contributed by atoms with Gasteiger partial charge in [0.25, 0.3) is 0 Å². The van der Waals surface area contributed by atoms with Gasteiger partial charge < -0.3 is 28.8 Å². The molecule has 0 amide bonds. The second kappa shape index (κ2) is 4.89. The molecule has 4 atom stereocenters. The van der Waals surface area contributed by atoms with Gasteiger partial charge in [-0.25, -0.2) is 4.79 Å². The number of carbonyl (C=O) groups is 1. The van der Waals surface area contributed by atoms with Crippen molar-refractivity contribution in [3.63, 3.8) is 0 Å². The summed E-state index contributed by atoms with van der Waals surface area (Å²) in [5.41, 5.74) is 0. The largest absolute Gasteiger partial charge is 0.477 e. The molecule has 8 heteroatoms. The Morgan fingerprint density at radius 3 is 2.35 bits per heavy atom. The predicted octanol–water partition coefficient (Wildman–Crippen LogP) is 0.0883. The minimum atomic E-state index is -1.82. The molecule has 0 spiro atoms. The van der Waals surface area contributed by atoms with Crippen LogP contribution < -0.4 is 0 Å². The first-order valence-electron chi connectivity index (χ1n) is 6.26. The second-order valence-corrected chi connectivity index (χ2v) is 5.96. The van der Waals surface area contributed by atoms with Crippen molar-refractivity contribution in [2.75, 3.05) is 6.61 Å². The maximum Gasteiger partial charge on any atom is 0.367 e. The summed E-state index contributed by atoms with van der Waals surface area (Å²) in [7, 11) is 0. The van der Waals surface area contributed by atoms with Gasteiger partial charge in [0.2, 0.25) is 0 Å². The van der Waals surface area contributed by atoms with Crippen LogP contribution in [0, 0.1) is 0 Å². The topological polar surface area (TPSA) is 83.5 Å². The van der Waals surface area contributed by atoms with Crippen LogP contribution in [0.25, 0.3) is 0 Å². The van der Waals surface area contributed by atoms with E-state index in [-0.39, 0.29) is 36.2 Å². The molecule has 0 aliphatic carbocycles. The SMILES string of the molecule is CC1(C)OC[C@@H]2O[C@@]3(C(=O)O)OC(C)(C)O[C@H]3[C@@H]2O1.[Na]. The molecule has 0 saturated carbocycles. The molecule has 0 aromatic rings. The molecule has 3 heterocycles. The molecule has 0 bridgehead atoms. The monoisotopic (exact) mass is 297 g/mol. The van der Waals surface area contributed by atoms with Gasteiger partial charge in [0, 0.05) is 29.6 Å². The normalized spacial score (nSPS) is 44.3. The summed E-state index contributed by atoms with van der Waals surface area (Å²) in [4.78, 5) is 11.6. The zero-order valence-electron chi connectivity index (χ0n) is 12.3. The summed E-state index contributed by atoms with van der Waals surface area (Å²) < 4.78 is 28.0. The van der Waals surface area contributed by atoms with Gasteiger partial charge in [0.1, 0.15) is 12.2 Å². The third-order valence-electron chi connectivity index (χ3n) is 3.49. The van der Waals surface area contributed by atoms with Gasteiger partial charge in [-0.15, -0.1) is 0 Å². The molecule has 3 rings (SSSR count). The maximum absolute atomic E-state index is 11.6. The molecule has 3 aliphatic rings. The van der Waals surface area contributed by atoms with Gasteiger partial charge in [0.15, 0.2) is 17.7 Å². The molecular formula is C12H18NaO7. The van der Waals surface area contributed by atoms with Gasteiger partial charge in [-0.3, -0.25) is 0 Å². The van der Waals surface area contributed by atoms with E-state index in [2.05, 4.69) is 0 Å². The Balaban J connectivity index is 0.00000147. The Labute approximate surface area is 139 Å². The Hall–Kier alpha value is 0.270. The summed E-state index contributed by atoms with van der Waals surface area (Å²) >= 11 is 0. The fraction of sp³-hybridized carbons (Fsp3) is 0.917. The zero-order chi connectivity index (χ0) is 14.1. The number of hydrogen-bond acceptors (Lipinski definition) is 6. The van der Waals surface area contributed by atoms with Crippen molar-refractivity contribution in [1.82, 2.24) is 0 Å². The van der Waals surface area contributed by atoms with Crippen molar-refractivity contribution in [3.05, 3.63) is 0 Å². The molecule has 1 radical (unpaired) electrons. The third-order valence-corrected chi connectivity index (χ3v) is 3.49. The Morgan fingerprint density at radius 2 is 1.75 bits per heavy atom. The number of ether oxygens (including phenoxy) is 5. The minimum Gasteiger partial charge on any atom is -0.477 e. The average molecular weight is 297 g/mol. The number of carboxylic acid groups (broad SMARTS) is 1. The zero-order valence-corrected chi connectivity index (χ0v) is 14.3. The van der Waals surface area contributed by atoms with Gasteiger partial charge in [0.05, 0.1) is 6.61 Å². The van der Waals surface area contributed by atoms with E-state index in [0.29, 0.717) is 0 Å². The first-order chi connectivity index (χ1) is 8.65. The van der Waals surface area contributed by atoms with Crippen LogP contribution in [0.15, 0.2) is 0 Å².